The van der Waals surface area contributed by atoms with E-state index in [1.807, 2.05) is 26.0 Å². The van der Waals surface area contributed by atoms with Crippen LogP contribution in [0.25, 0.3) is 11.0 Å². The van der Waals surface area contributed by atoms with Gasteiger partial charge in [-0.05, 0) is 43.2 Å². The van der Waals surface area contributed by atoms with Gasteiger partial charge in [0.05, 0.1) is 17.0 Å². The SMILES string of the molecule is CCc1nnc(N2C(=O)c3oc4ccc(C)cc4c(=O)c3[C@H]2c2cccc(Cl)c2)s1. The second-order valence-corrected chi connectivity index (χ2v) is 8.62. The molecule has 0 fully saturated rings. The summed E-state index contributed by atoms with van der Waals surface area (Å²) < 4.78 is 5.95. The number of anilines is 1. The Morgan fingerprint density at radius 3 is 2.73 bits per heavy atom. The molecule has 0 spiro atoms. The first-order valence-corrected chi connectivity index (χ1v) is 10.7. The first kappa shape index (κ1) is 19.0. The Morgan fingerprint density at radius 1 is 1.17 bits per heavy atom. The van der Waals surface area contributed by atoms with E-state index in [4.69, 9.17) is 16.0 Å². The molecule has 6 nitrogen and oxygen atoms in total. The van der Waals surface area contributed by atoms with Crippen LogP contribution < -0.4 is 10.3 Å². The number of fused-ring (bicyclic) bond motifs is 2. The number of nitrogens with zero attached hydrogens (tertiary/aromatic N) is 3. The molecule has 30 heavy (non-hydrogen) atoms. The van der Waals surface area contributed by atoms with E-state index in [0.717, 1.165) is 10.6 Å². The summed E-state index contributed by atoms with van der Waals surface area (Å²) in [6.07, 6.45) is 0.703. The van der Waals surface area contributed by atoms with Gasteiger partial charge in [0, 0.05) is 5.02 Å². The van der Waals surface area contributed by atoms with Crippen molar-refractivity contribution in [2.45, 2.75) is 26.3 Å². The average Bonchev–Trinajstić information content (AvgIpc) is 3.31. The number of halogens is 1. The van der Waals surface area contributed by atoms with Gasteiger partial charge in [-0.3, -0.25) is 14.5 Å². The van der Waals surface area contributed by atoms with Gasteiger partial charge in [0.2, 0.25) is 10.9 Å². The van der Waals surface area contributed by atoms with Crippen molar-refractivity contribution in [2.24, 2.45) is 0 Å². The molecule has 3 heterocycles. The molecule has 150 valence electrons. The predicted octanol–water partition coefficient (Wildman–Crippen LogP) is 4.92. The van der Waals surface area contributed by atoms with Crippen molar-refractivity contribution in [2.75, 3.05) is 4.90 Å². The highest BCUT2D eigenvalue weighted by atomic mass is 35.5. The molecule has 1 aliphatic rings. The third kappa shape index (κ3) is 2.85. The summed E-state index contributed by atoms with van der Waals surface area (Å²) in [6.45, 7) is 3.88. The van der Waals surface area contributed by atoms with Gasteiger partial charge in [0.15, 0.2) is 5.43 Å². The molecule has 4 aromatic rings. The molecule has 0 saturated carbocycles. The van der Waals surface area contributed by atoms with Crippen molar-refractivity contribution in [1.29, 1.82) is 0 Å². The van der Waals surface area contributed by atoms with Crippen molar-refractivity contribution in [3.63, 3.8) is 0 Å². The second-order valence-electron chi connectivity index (χ2n) is 7.14. The number of carbonyl (C=O) groups excluding carboxylic acids is 1. The van der Waals surface area contributed by atoms with E-state index in [-0.39, 0.29) is 11.2 Å². The van der Waals surface area contributed by atoms with Crippen LogP contribution in [0.4, 0.5) is 5.13 Å². The average molecular weight is 438 g/mol. The van der Waals surface area contributed by atoms with Crippen LogP contribution in [-0.4, -0.2) is 16.1 Å². The molecule has 0 bridgehead atoms. The van der Waals surface area contributed by atoms with Crippen LogP contribution >= 0.6 is 22.9 Å². The Kier molecular flexibility index (Phi) is 4.45. The fourth-order valence-electron chi connectivity index (χ4n) is 3.76. The Labute approximate surface area is 180 Å². The van der Waals surface area contributed by atoms with Gasteiger partial charge in [-0.2, -0.15) is 0 Å². The van der Waals surface area contributed by atoms with Crippen LogP contribution in [0.3, 0.4) is 0 Å². The number of carbonyl (C=O) groups is 1. The monoisotopic (exact) mass is 437 g/mol. The van der Waals surface area contributed by atoms with Crippen molar-refractivity contribution in [3.05, 3.63) is 85.2 Å². The van der Waals surface area contributed by atoms with E-state index in [1.54, 1.807) is 30.3 Å². The highest BCUT2D eigenvalue weighted by molar-refractivity contribution is 7.15. The third-order valence-electron chi connectivity index (χ3n) is 5.15. The van der Waals surface area contributed by atoms with Crippen molar-refractivity contribution in [1.82, 2.24) is 10.2 Å². The summed E-state index contributed by atoms with van der Waals surface area (Å²) in [5, 5.41) is 10.6. The summed E-state index contributed by atoms with van der Waals surface area (Å²) >= 11 is 7.56. The smallest absolute Gasteiger partial charge is 0.297 e. The molecule has 0 aliphatic carbocycles. The van der Waals surface area contributed by atoms with Crippen LogP contribution in [0.2, 0.25) is 5.02 Å². The molecule has 2 aromatic heterocycles. The van der Waals surface area contributed by atoms with Crippen LogP contribution in [0.15, 0.2) is 51.7 Å². The summed E-state index contributed by atoms with van der Waals surface area (Å²) in [7, 11) is 0. The minimum atomic E-state index is -0.690. The highest BCUT2D eigenvalue weighted by Crippen LogP contribution is 2.42. The van der Waals surface area contributed by atoms with Gasteiger partial charge >= 0.3 is 0 Å². The van der Waals surface area contributed by atoms with E-state index >= 15 is 0 Å². The van der Waals surface area contributed by atoms with Gasteiger partial charge in [0.25, 0.3) is 5.91 Å². The number of aromatic nitrogens is 2. The van der Waals surface area contributed by atoms with Crippen molar-refractivity contribution >= 4 is 44.9 Å². The summed E-state index contributed by atoms with van der Waals surface area (Å²) in [6, 6.07) is 11.8. The van der Waals surface area contributed by atoms with Gasteiger partial charge in [0.1, 0.15) is 10.6 Å². The van der Waals surface area contributed by atoms with Crippen molar-refractivity contribution in [3.8, 4) is 0 Å². The molecular formula is C22H16ClN3O3S. The minimum absolute atomic E-state index is 0.0366. The van der Waals surface area contributed by atoms with E-state index in [2.05, 4.69) is 10.2 Å². The zero-order chi connectivity index (χ0) is 21.0. The van der Waals surface area contributed by atoms with Crippen molar-refractivity contribution < 1.29 is 9.21 Å². The maximum atomic E-state index is 13.5. The Bertz CT molecular complexity index is 1380. The number of hydrogen-bond donors (Lipinski definition) is 0. The fourth-order valence-corrected chi connectivity index (χ4v) is 4.76. The number of rotatable bonds is 3. The van der Waals surface area contributed by atoms with Crippen LogP contribution in [-0.2, 0) is 6.42 Å². The lowest BCUT2D eigenvalue weighted by Crippen LogP contribution is -2.29. The quantitative estimate of drug-likeness (QED) is 0.454. The lowest BCUT2D eigenvalue weighted by Gasteiger charge is -2.22. The van der Waals surface area contributed by atoms with Gasteiger partial charge < -0.3 is 4.42 Å². The lowest BCUT2D eigenvalue weighted by atomic mass is 9.98. The minimum Gasteiger partial charge on any atom is -0.450 e. The van der Waals surface area contributed by atoms with Gasteiger partial charge in [-0.1, -0.05) is 53.6 Å². The zero-order valence-electron chi connectivity index (χ0n) is 16.2. The molecule has 5 rings (SSSR count). The standard InChI is InChI=1S/C22H16ClN3O3S/c1-3-16-24-25-22(30-16)26-18(12-5-4-6-13(23)10-12)17-19(27)14-9-11(2)7-8-15(14)29-20(17)21(26)28/h4-10,18H,3H2,1-2H3/t18-/m1/s1. The van der Waals surface area contributed by atoms with E-state index < -0.39 is 11.9 Å². The molecule has 1 aliphatic heterocycles. The molecule has 0 unspecified atom stereocenters. The zero-order valence-corrected chi connectivity index (χ0v) is 17.8. The van der Waals surface area contributed by atoms with E-state index in [9.17, 15) is 9.59 Å². The third-order valence-corrected chi connectivity index (χ3v) is 6.46. The van der Waals surface area contributed by atoms with Crippen LogP contribution in [0, 0.1) is 6.92 Å². The highest BCUT2D eigenvalue weighted by Gasteiger charge is 2.45. The summed E-state index contributed by atoms with van der Waals surface area (Å²) in [4.78, 5) is 28.4. The molecule has 0 N–H and O–H groups in total. The maximum Gasteiger partial charge on any atom is 0.297 e. The maximum absolute atomic E-state index is 13.5. The molecular weight excluding hydrogens is 422 g/mol. The molecule has 0 saturated heterocycles. The largest absolute Gasteiger partial charge is 0.450 e. The predicted molar refractivity (Wildman–Crippen MR) is 117 cm³/mol. The Hall–Kier alpha value is -3.03. The molecule has 2 aromatic carbocycles. The Balaban J connectivity index is 1.82. The normalized spacial score (nSPS) is 15.8. The molecule has 0 radical (unpaired) electrons. The number of benzene rings is 2. The second kappa shape index (κ2) is 7.04. The van der Waals surface area contributed by atoms with Crippen LogP contribution in [0.5, 0.6) is 0 Å². The number of amides is 1. The summed E-state index contributed by atoms with van der Waals surface area (Å²) in [5.74, 6) is -0.372. The molecule has 8 heteroatoms. The Morgan fingerprint density at radius 2 is 2.00 bits per heavy atom. The molecule has 1 atom stereocenters. The number of aryl methyl sites for hydroxylation is 2. The van der Waals surface area contributed by atoms with E-state index in [0.29, 0.717) is 38.7 Å². The molecule has 1 amide bonds. The first-order valence-electron chi connectivity index (χ1n) is 9.46. The van der Waals surface area contributed by atoms with Gasteiger partial charge in [-0.15, -0.1) is 10.2 Å². The van der Waals surface area contributed by atoms with Crippen LogP contribution in [0.1, 0.15) is 45.2 Å². The fraction of sp³-hybridized carbons (Fsp3) is 0.182. The lowest BCUT2D eigenvalue weighted by molar-refractivity contribution is 0.0970. The first-order chi connectivity index (χ1) is 14.5. The number of hydrogen-bond acceptors (Lipinski definition) is 6. The van der Waals surface area contributed by atoms with Gasteiger partial charge in [-0.25, -0.2) is 0 Å². The summed E-state index contributed by atoms with van der Waals surface area (Å²) in [5.41, 5.74) is 2.11. The topological polar surface area (TPSA) is 76.3 Å². The van der Waals surface area contributed by atoms with E-state index in [1.165, 1.54) is 16.2 Å².